The van der Waals surface area contributed by atoms with Gasteiger partial charge in [0.25, 0.3) is 5.91 Å². The number of hydrogen-bond donors (Lipinski definition) is 2. The van der Waals surface area contributed by atoms with Crippen LogP contribution in [0.1, 0.15) is 10.7 Å². The van der Waals surface area contributed by atoms with Gasteiger partial charge in [0.05, 0.1) is 23.5 Å². The van der Waals surface area contributed by atoms with Gasteiger partial charge < -0.3 is 20.1 Å². The number of nitrogens with one attached hydrogen (secondary N) is 2. The highest BCUT2D eigenvalue weighted by Crippen LogP contribution is 2.35. The van der Waals surface area contributed by atoms with Crippen LogP contribution in [0.2, 0.25) is 0 Å². The summed E-state index contributed by atoms with van der Waals surface area (Å²) in [4.78, 5) is 28.3. The van der Waals surface area contributed by atoms with Crippen LogP contribution in [0.3, 0.4) is 0 Å². The summed E-state index contributed by atoms with van der Waals surface area (Å²) in [5.74, 6) is 0.807. The van der Waals surface area contributed by atoms with Gasteiger partial charge in [-0.15, -0.1) is 11.3 Å². The van der Waals surface area contributed by atoms with Crippen LogP contribution in [0.5, 0.6) is 11.5 Å². The standard InChI is InChI=1S/C20H17N3O4S/c24-17(22-15-7-4-8-16-20(15)27-10-18(25)23-16)9-13-12-28-19(21-13)11-26-14-5-2-1-3-6-14/h1-8,12H,9-11H2,(H,22,24)(H,23,25). The molecule has 3 aromatic rings. The van der Waals surface area contributed by atoms with E-state index in [1.54, 1.807) is 18.2 Å². The Morgan fingerprint density at radius 2 is 2.07 bits per heavy atom. The van der Waals surface area contributed by atoms with Gasteiger partial charge in [0, 0.05) is 5.38 Å². The Kier molecular flexibility index (Phi) is 5.20. The Hall–Kier alpha value is -3.39. The van der Waals surface area contributed by atoms with Gasteiger partial charge >= 0.3 is 0 Å². The highest BCUT2D eigenvalue weighted by Gasteiger charge is 2.20. The first kappa shape index (κ1) is 18.0. The van der Waals surface area contributed by atoms with Crippen LogP contribution in [0.25, 0.3) is 0 Å². The minimum atomic E-state index is -0.219. The number of fused-ring (bicyclic) bond motifs is 1. The summed E-state index contributed by atoms with van der Waals surface area (Å²) >= 11 is 1.45. The van der Waals surface area contributed by atoms with E-state index >= 15 is 0 Å². The monoisotopic (exact) mass is 395 g/mol. The molecule has 0 spiro atoms. The van der Waals surface area contributed by atoms with Crippen LogP contribution in [0.4, 0.5) is 11.4 Å². The van der Waals surface area contributed by atoms with Crippen LogP contribution in [0, 0.1) is 0 Å². The Morgan fingerprint density at radius 3 is 2.93 bits per heavy atom. The number of ether oxygens (including phenoxy) is 2. The lowest BCUT2D eigenvalue weighted by atomic mass is 10.2. The molecule has 0 saturated carbocycles. The smallest absolute Gasteiger partial charge is 0.262 e. The lowest BCUT2D eigenvalue weighted by Crippen LogP contribution is -2.26. The summed E-state index contributed by atoms with van der Waals surface area (Å²) in [5.41, 5.74) is 1.74. The molecule has 142 valence electrons. The fourth-order valence-electron chi connectivity index (χ4n) is 2.73. The van der Waals surface area contributed by atoms with E-state index in [0.717, 1.165) is 10.8 Å². The summed E-state index contributed by atoms with van der Waals surface area (Å²) in [6.07, 6.45) is 0.137. The van der Waals surface area contributed by atoms with E-state index in [1.165, 1.54) is 11.3 Å². The third kappa shape index (κ3) is 4.29. The highest BCUT2D eigenvalue weighted by atomic mass is 32.1. The van der Waals surface area contributed by atoms with Crippen molar-refractivity contribution in [1.82, 2.24) is 4.98 Å². The first-order chi connectivity index (χ1) is 13.7. The lowest BCUT2D eigenvalue weighted by Gasteiger charge is -2.20. The molecule has 28 heavy (non-hydrogen) atoms. The molecule has 8 heteroatoms. The molecule has 0 bridgehead atoms. The van der Waals surface area contributed by atoms with Crippen LogP contribution in [-0.2, 0) is 22.6 Å². The zero-order valence-electron chi connectivity index (χ0n) is 14.8. The van der Waals surface area contributed by atoms with Crippen LogP contribution >= 0.6 is 11.3 Å². The van der Waals surface area contributed by atoms with Crippen molar-refractivity contribution in [3.05, 3.63) is 64.6 Å². The van der Waals surface area contributed by atoms with E-state index in [0.29, 0.717) is 29.4 Å². The first-order valence-corrected chi connectivity index (χ1v) is 9.52. The molecule has 0 aliphatic carbocycles. The number of rotatable bonds is 6. The molecule has 4 rings (SSSR count). The second kappa shape index (κ2) is 8.10. The van der Waals surface area contributed by atoms with Crippen LogP contribution in [0.15, 0.2) is 53.9 Å². The summed E-state index contributed by atoms with van der Waals surface area (Å²) in [6.45, 7) is 0.284. The van der Waals surface area contributed by atoms with E-state index in [1.807, 2.05) is 35.7 Å². The number of anilines is 2. The van der Waals surface area contributed by atoms with Crippen LogP contribution in [-0.4, -0.2) is 23.4 Å². The molecule has 7 nitrogen and oxygen atoms in total. The number of hydrogen-bond acceptors (Lipinski definition) is 6. The van der Waals surface area contributed by atoms with Gasteiger partial charge in [0.2, 0.25) is 5.91 Å². The number of nitrogens with zero attached hydrogens (tertiary/aromatic N) is 1. The SMILES string of the molecule is O=C1COc2c(cccc2NC(=O)Cc2csc(COc3ccccc3)n2)N1. The molecule has 0 radical (unpaired) electrons. The Balaban J connectivity index is 1.35. The summed E-state index contributed by atoms with van der Waals surface area (Å²) in [6, 6.07) is 14.7. The Bertz CT molecular complexity index is 1000. The number of thiazole rings is 1. The van der Waals surface area contributed by atoms with E-state index in [-0.39, 0.29) is 24.8 Å². The maximum atomic E-state index is 12.4. The van der Waals surface area contributed by atoms with Crippen molar-refractivity contribution >= 4 is 34.5 Å². The van der Waals surface area contributed by atoms with Crippen molar-refractivity contribution < 1.29 is 19.1 Å². The average Bonchev–Trinajstić information content (AvgIpc) is 3.14. The molecular weight excluding hydrogens is 378 g/mol. The fourth-order valence-corrected chi connectivity index (χ4v) is 3.44. The number of para-hydroxylation sites is 2. The van der Waals surface area contributed by atoms with Gasteiger partial charge in [-0.05, 0) is 24.3 Å². The second-order valence-electron chi connectivity index (χ2n) is 6.08. The zero-order chi connectivity index (χ0) is 19.3. The van der Waals surface area contributed by atoms with Gasteiger partial charge in [-0.3, -0.25) is 9.59 Å². The van der Waals surface area contributed by atoms with Gasteiger partial charge in [0.15, 0.2) is 12.4 Å². The summed E-state index contributed by atoms with van der Waals surface area (Å²) in [5, 5.41) is 8.18. The van der Waals surface area contributed by atoms with E-state index < -0.39 is 0 Å². The third-order valence-corrected chi connectivity index (χ3v) is 4.83. The van der Waals surface area contributed by atoms with Gasteiger partial charge in [-0.25, -0.2) is 4.98 Å². The van der Waals surface area contributed by atoms with E-state index in [4.69, 9.17) is 9.47 Å². The minimum Gasteiger partial charge on any atom is -0.486 e. The Morgan fingerprint density at radius 1 is 1.21 bits per heavy atom. The molecule has 2 heterocycles. The fraction of sp³-hybridized carbons (Fsp3) is 0.150. The third-order valence-electron chi connectivity index (χ3n) is 3.96. The van der Waals surface area contributed by atoms with Crippen LogP contribution < -0.4 is 20.1 Å². The summed E-state index contributed by atoms with van der Waals surface area (Å²) < 4.78 is 11.1. The normalized spacial score (nSPS) is 12.5. The maximum Gasteiger partial charge on any atom is 0.262 e. The maximum absolute atomic E-state index is 12.4. The zero-order valence-corrected chi connectivity index (χ0v) is 15.6. The molecule has 2 N–H and O–H groups in total. The number of carbonyl (C=O) groups excluding carboxylic acids is 2. The average molecular weight is 395 g/mol. The van der Waals surface area contributed by atoms with Crippen molar-refractivity contribution in [3.8, 4) is 11.5 Å². The van der Waals surface area contributed by atoms with Gasteiger partial charge in [-0.2, -0.15) is 0 Å². The van der Waals surface area contributed by atoms with Crippen molar-refractivity contribution in [3.63, 3.8) is 0 Å². The molecule has 2 aromatic carbocycles. The first-order valence-electron chi connectivity index (χ1n) is 8.64. The van der Waals surface area contributed by atoms with Gasteiger partial charge in [0.1, 0.15) is 17.4 Å². The van der Waals surface area contributed by atoms with Crippen molar-refractivity contribution in [1.29, 1.82) is 0 Å². The van der Waals surface area contributed by atoms with Crippen molar-refractivity contribution in [2.45, 2.75) is 13.0 Å². The highest BCUT2D eigenvalue weighted by molar-refractivity contribution is 7.09. The molecule has 0 fully saturated rings. The Labute approximate surface area is 165 Å². The predicted octanol–water partition coefficient (Wildman–Crippen LogP) is 3.23. The number of aromatic nitrogens is 1. The molecule has 0 atom stereocenters. The topological polar surface area (TPSA) is 89.5 Å². The van der Waals surface area contributed by atoms with E-state index in [2.05, 4.69) is 15.6 Å². The van der Waals surface area contributed by atoms with E-state index in [9.17, 15) is 9.59 Å². The minimum absolute atomic E-state index is 0.0727. The molecule has 1 aliphatic rings. The molecular formula is C20H17N3O4S. The largest absolute Gasteiger partial charge is 0.486 e. The van der Waals surface area contributed by atoms with Crippen molar-refractivity contribution in [2.75, 3.05) is 17.2 Å². The molecule has 0 saturated heterocycles. The van der Waals surface area contributed by atoms with Crippen molar-refractivity contribution in [2.24, 2.45) is 0 Å². The predicted molar refractivity (Wildman–Crippen MR) is 106 cm³/mol. The number of carbonyl (C=O) groups is 2. The lowest BCUT2D eigenvalue weighted by molar-refractivity contribution is -0.118. The molecule has 2 amide bonds. The quantitative estimate of drug-likeness (QED) is 0.669. The molecule has 0 unspecified atom stereocenters. The number of benzene rings is 2. The molecule has 1 aromatic heterocycles. The molecule has 1 aliphatic heterocycles. The second-order valence-corrected chi connectivity index (χ2v) is 7.02. The number of amides is 2. The van der Waals surface area contributed by atoms with Gasteiger partial charge in [-0.1, -0.05) is 24.3 Å². The summed E-state index contributed by atoms with van der Waals surface area (Å²) in [7, 11) is 0.